The minimum Gasteiger partial charge on any atom is -0.456 e. The smallest absolute Gasteiger partial charge is 0.137 e. The lowest BCUT2D eigenvalue weighted by Crippen LogP contribution is -1.94. The van der Waals surface area contributed by atoms with Crippen LogP contribution in [0.4, 0.5) is 0 Å². The summed E-state index contributed by atoms with van der Waals surface area (Å²) in [4.78, 5) is 0. The molecular formula is C44H22N4OS. The Bertz CT molecular complexity index is 3290. The summed E-state index contributed by atoms with van der Waals surface area (Å²) in [7, 11) is 0. The van der Waals surface area contributed by atoms with Crippen LogP contribution in [0.5, 0.6) is 0 Å². The molecule has 6 heteroatoms. The molecule has 11 aromatic rings. The number of hydrogen-bond acceptors (Lipinski definition) is 4. The summed E-state index contributed by atoms with van der Waals surface area (Å²) in [5.41, 5.74) is 9.36. The number of fused-ring (bicyclic) bond motifs is 13. The number of rotatable bonds is 2. The van der Waals surface area contributed by atoms with Crippen LogP contribution in [-0.4, -0.2) is 9.13 Å². The summed E-state index contributed by atoms with van der Waals surface area (Å²) in [6, 6.07) is 50.8. The van der Waals surface area contributed by atoms with Gasteiger partial charge in [0.1, 0.15) is 11.2 Å². The molecule has 11 rings (SSSR count). The Morgan fingerprint density at radius 1 is 0.460 bits per heavy atom. The largest absolute Gasteiger partial charge is 0.456 e. The third kappa shape index (κ3) is 3.58. The fraction of sp³-hybridized carbons (Fsp3) is 0. The maximum Gasteiger partial charge on any atom is 0.137 e. The summed E-state index contributed by atoms with van der Waals surface area (Å²) < 4.78 is 13.4. The molecule has 0 atom stereocenters. The summed E-state index contributed by atoms with van der Waals surface area (Å²) in [5.74, 6) is 0. The van der Waals surface area contributed by atoms with Gasteiger partial charge in [0.25, 0.3) is 0 Å². The number of benzene rings is 7. The van der Waals surface area contributed by atoms with Gasteiger partial charge in [-0.2, -0.15) is 10.5 Å². The Morgan fingerprint density at radius 2 is 1.06 bits per heavy atom. The zero-order valence-electron chi connectivity index (χ0n) is 26.3. The van der Waals surface area contributed by atoms with Gasteiger partial charge in [-0.3, -0.25) is 0 Å². The van der Waals surface area contributed by atoms with Crippen molar-refractivity contribution in [2.24, 2.45) is 0 Å². The molecule has 4 aromatic heterocycles. The molecule has 50 heavy (non-hydrogen) atoms. The van der Waals surface area contributed by atoms with Crippen LogP contribution in [0.25, 0.3) is 97.1 Å². The topological polar surface area (TPSA) is 70.6 Å². The fourth-order valence-electron chi connectivity index (χ4n) is 8.01. The van der Waals surface area contributed by atoms with Gasteiger partial charge in [0, 0.05) is 58.5 Å². The van der Waals surface area contributed by atoms with Crippen LogP contribution in [0.1, 0.15) is 11.1 Å². The Labute approximate surface area is 288 Å². The zero-order valence-corrected chi connectivity index (χ0v) is 27.1. The van der Waals surface area contributed by atoms with E-state index < -0.39 is 0 Å². The number of hydrogen-bond donors (Lipinski definition) is 0. The molecule has 0 saturated carbocycles. The number of thiophene rings is 1. The van der Waals surface area contributed by atoms with E-state index in [2.05, 4.69) is 106 Å². The van der Waals surface area contributed by atoms with Gasteiger partial charge in [0.15, 0.2) is 0 Å². The second-order valence-electron chi connectivity index (χ2n) is 12.8. The predicted octanol–water partition coefficient (Wildman–Crippen LogP) is 11.9. The van der Waals surface area contributed by atoms with Gasteiger partial charge in [0.2, 0.25) is 0 Å². The first-order valence-electron chi connectivity index (χ1n) is 16.4. The Morgan fingerprint density at radius 3 is 1.74 bits per heavy atom. The molecule has 0 unspecified atom stereocenters. The van der Waals surface area contributed by atoms with Crippen molar-refractivity contribution in [3.63, 3.8) is 0 Å². The molecule has 230 valence electrons. The zero-order chi connectivity index (χ0) is 33.1. The Hall–Kier alpha value is -6.86. The average molecular weight is 655 g/mol. The van der Waals surface area contributed by atoms with Crippen LogP contribution >= 0.6 is 11.3 Å². The van der Waals surface area contributed by atoms with Crippen molar-refractivity contribution in [1.82, 2.24) is 9.13 Å². The van der Waals surface area contributed by atoms with E-state index in [0.717, 1.165) is 66.2 Å². The minimum absolute atomic E-state index is 0.594. The van der Waals surface area contributed by atoms with Crippen LogP contribution in [0.2, 0.25) is 0 Å². The second-order valence-corrected chi connectivity index (χ2v) is 13.9. The molecule has 4 heterocycles. The quantitative estimate of drug-likeness (QED) is 0.186. The third-order valence-electron chi connectivity index (χ3n) is 10.2. The van der Waals surface area contributed by atoms with Gasteiger partial charge in [-0.25, -0.2) is 0 Å². The maximum absolute atomic E-state index is 9.67. The summed E-state index contributed by atoms with van der Waals surface area (Å²) in [5, 5.41) is 28.3. The third-order valence-corrected chi connectivity index (χ3v) is 11.3. The highest BCUT2D eigenvalue weighted by Gasteiger charge is 2.20. The Kier molecular flexibility index (Phi) is 5.34. The van der Waals surface area contributed by atoms with Crippen molar-refractivity contribution >= 4 is 97.1 Å². The first-order chi connectivity index (χ1) is 24.7. The fourth-order valence-corrected chi connectivity index (χ4v) is 9.07. The van der Waals surface area contributed by atoms with E-state index in [4.69, 9.17) is 4.42 Å². The van der Waals surface area contributed by atoms with E-state index in [0.29, 0.717) is 11.1 Å². The first-order valence-corrected chi connectivity index (χ1v) is 17.2. The Balaban J connectivity index is 1.19. The van der Waals surface area contributed by atoms with E-state index in [9.17, 15) is 10.5 Å². The van der Waals surface area contributed by atoms with Crippen LogP contribution in [0, 0.1) is 22.7 Å². The monoisotopic (exact) mass is 654 g/mol. The lowest BCUT2D eigenvalue weighted by molar-refractivity contribution is 0.669. The summed E-state index contributed by atoms with van der Waals surface area (Å²) in [6.07, 6.45) is 0. The van der Waals surface area contributed by atoms with E-state index in [1.54, 1.807) is 11.3 Å². The van der Waals surface area contributed by atoms with Gasteiger partial charge < -0.3 is 13.6 Å². The molecule has 0 fully saturated rings. The van der Waals surface area contributed by atoms with E-state index in [1.807, 2.05) is 48.5 Å². The van der Waals surface area contributed by atoms with Gasteiger partial charge in [0.05, 0.1) is 50.7 Å². The van der Waals surface area contributed by atoms with Crippen LogP contribution in [0.15, 0.2) is 138 Å². The lowest BCUT2D eigenvalue weighted by Gasteiger charge is -2.10. The SMILES string of the molecule is N#Cc1ccc2c(c1)c1cc(C#N)ccc1n2-c1ccc2sc3ccc(-n4c5ccccc5c5ccc6oc7ccccc7c6c54)cc3c2c1. The number of furan rings is 1. The van der Waals surface area contributed by atoms with Crippen LogP contribution in [0.3, 0.4) is 0 Å². The average Bonchev–Trinajstić information content (AvgIpc) is 3.91. The molecule has 0 spiro atoms. The molecule has 0 saturated heterocycles. The van der Waals surface area contributed by atoms with E-state index in [-0.39, 0.29) is 0 Å². The molecule has 0 N–H and O–H groups in total. The highest BCUT2D eigenvalue weighted by atomic mass is 32.1. The van der Waals surface area contributed by atoms with Crippen molar-refractivity contribution < 1.29 is 4.42 Å². The van der Waals surface area contributed by atoms with Crippen molar-refractivity contribution in [3.8, 4) is 23.5 Å². The summed E-state index contributed by atoms with van der Waals surface area (Å²) in [6.45, 7) is 0. The molecule has 0 aliphatic carbocycles. The molecule has 0 amide bonds. The molecule has 0 aliphatic rings. The highest BCUT2D eigenvalue weighted by molar-refractivity contribution is 7.25. The van der Waals surface area contributed by atoms with Crippen LogP contribution < -0.4 is 0 Å². The van der Waals surface area contributed by atoms with Gasteiger partial charge >= 0.3 is 0 Å². The molecule has 5 nitrogen and oxygen atoms in total. The molecule has 0 aliphatic heterocycles. The number of nitrogens with zero attached hydrogens (tertiary/aromatic N) is 4. The first kappa shape index (κ1) is 27.1. The van der Waals surface area contributed by atoms with E-state index in [1.165, 1.54) is 30.9 Å². The molecule has 7 aromatic carbocycles. The highest BCUT2D eigenvalue weighted by Crippen LogP contribution is 2.43. The van der Waals surface area contributed by atoms with Crippen molar-refractivity contribution in [2.45, 2.75) is 0 Å². The predicted molar refractivity (Wildman–Crippen MR) is 205 cm³/mol. The standard InChI is InChI=1S/C44H22N4OS/c45-23-25-9-14-37-32(19-25)33-20-26(24-46)10-15-38(33)47(37)27-11-17-41-34(21-27)35-22-28(12-18-42(35)50-41)48-36-7-3-1-5-29(36)30-13-16-40-43(44(30)48)31-6-2-4-8-39(31)49-40/h1-22H. The van der Waals surface area contributed by atoms with E-state index >= 15 is 0 Å². The van der Waals surface area contributed by atoms with Gasteiger partial charge in [-0.1, -0.05) is 36.4 Å². The number of para-hydroxylation sites is 2. The molecule has 0 radical (unpaired) electrons. The number of aromatic nitrogens is 2. The number of nitriles is 2. The minimum atomic E-state index is 0.594. The lowest BCUT2D eigenvalue weighted by atomic mass is 10.1. The maximum atomic E-state index is 9.67. The van der Waals surface area contributed by atoms with Crippen molar-refractivity contribution in [3.05, 3.63) is 145 Å². The van der Waals surface area contributed by atoms with Crippen molar-refractivity contribution in [2.75, 3.05) is 0 Å². The molecule has 0 bridgehead atoms. The van der Waals surface area contributed by atoms with Gasteiger partial charge in [-0.15, -0.1) is 11.3 Å². The molecular weight excluding hydrogens is 633 g/mol. The van der Waals surface area contributed by atoms with Gasteiger partial charge in [-0.05, 0) is 97.1 Å². The summed E-state index contributed by atoms with van der Waals surface area (Å²) >= 11 is 1.80. The second kappa shape index (κ2) is 9.84. The van der Waals surface area contributed by atoms with Crippen molar-refractivity contribution in [1.29, 1.82) is 10.5 Å². The van der Waals surface area contributed by atoms with Crippen LogP contribution in [-0.2, 0) is 0 Å². The normalized spacial score (nSPS) is 12.0.